The predicted octanol–water partition coefficient (Wildman–Crippen LogP) is 2.36. The van der Waals surface area contributed by atoms with Gasteiger partial charge in [0.05, 0.1) is 6.10 Å². The highest BCUT2D eigenvalue weighted by atomic mass is 16.7. The summed E-state index contributed by atoms with van der Waals surface area (Å²) in [5, 5.41) is 29.5. The van der Waals surface area contributed by atoms with Gasteiger partial charge in [0.2, 0.25) is 0 Å². The zero-order valence-corrected chi connectivity index (χ0v) is 18.1. The Morgan fingerprint density at radius 3 is 2.19 bits per heavy atom. The SMILES string of the molecule is CC1O[C@@H](OCCCCC(=O)OCC2c3ccccc3-c3ccccc32)C(O)[C@@H](O)[C@@H]1O. The maximum Gasteiger partial charge on any atom is 0.305 e. The van der Waals surface area contributed by atoms with Gasteiger partial charge in [-0.25, -0.2) is 0 Å². The molecule has 0 radical (unpaired) electrons. The molecule has 7 nitrogen and oxygen atoms in total. The molecule has 2 aliphatic rings. The van der Waals surface area contributed by atoms with Crippen LogP contribution in [-0.2, 0) is 19.0 Å². The third-order valence-corrected chi connectivity index (χ3v) is 6.24. The topological polar surface area (TPSA) is 105 Å². The lowest BCUT2D eigenvalue weighted by Crippen LogP contribution is -2.57. The molecule has 3 N–H and O–H groups in total. The highest BCUT2D eigenvalue weighted by Gasteiger charge is 2.42. The van der Waals surface area contributed by atoms with E-state index in [0.717, 1.165) is 0 Å². The summed E-state index contributed by atoms with van der Waals surface area (Å²) in [7, 11) is 0. The molecule has 172 valence electrons. The fraction of sp³-hybridized carbons (Fsp3) is 0.480. The normalized spacial score (nSPS) is 27.1. The van der Waals surface area contributed by atoms with Crippen molar-refractivity contribution in [2.75, 3.05) is 13.2 Å². The van der Waals surface area contributed by atoms with E-state index in [-0.39, 0.29) is 24.9 Å². The summed E-state index contributed by atoms with van der Waals surface area (Å²) in [6.45, 7) is 2.17. The van der Waals surface area contributed by atoms with Crippen LogP contribution in [0, 0.1) is 0 Å². The minimum absolute atomic E-state index is 0.0448. The Balaban J connectivity index is 1.20. The maximum atomic E-state index is 12.3. The molecular weight excluding hydrogens is 412 g/mol. The van der Waals surface area contributed by atoms with Crippen LogP contribution in [0.25, 0.3) is 11.1 Å². The van der Waals surface area contributed by atoms with Crippen LogP contribution in [0.4, 0.5) is 0 Å². The summed E-state index contributed by atoms with van der Waals surface area (Å²) in [4.78, 5) is 12.3. The van der Waals surface area contributed by atoms with Gasteiger partial charge in [0.25, 0.3) is 0 Å². The first-order valence-corrected chi connectivity index (χ1v) is 11.1. The number of benzene rings is 2. The number of aliphatic hydroxyl groups is 3. The van der Waals surface area contributed by atoms with E-state index in [2.05, 4.69) is 24.3 Å². The van der Waals surface area contributed by atoms with E-state index in [1.54, 1.807) is 6.92 Å². The van der Waals surface area contributed by atoms with Crippen molar-refractivity contribution in [2.24, 2.45) is 0 Å². The number of carbonyl (C=O) groups is 1. The average Bonchev–Trinajstić information content (AvgIpc) is 3.13. The number of aliphatic hydroxyl groups excluding tert-OH is 3. The number of unbranched alkanes of at least 4 members (excludes halogenated alkanes) is 1. The molecule has 2 aromatic rings. The molecule has 1 aliphatic carbocycles. The third-order valence-electron chi connectivity index (χ3n) is 6.24. The quantitative estimate of drug-likeness (QED) is 0.426. The van der Waals surface area contributed by atoms with E-state index in [1.807, 2.05) is 24.3 Å². The summed E-state index contributed by atoms with van der Waals surface area (Å²) >= 11 is 0. The summed E-state index contributed by atoms with van der Waals surface area (Å²) in [5.74, 6) is -0.212. The van der Waals surface area contributed by atoms with Crippen molar-refractivity contribution in [1.82, 2.24) is 0 Å². The second-order valence-electron chi connectivity index (χ2n) is 8.42. The van der Waals surface area contributed by atoms with Crippen LogP contribution in [0.3, 0.4) is 0 Å². The van der Waals surface area contributed by atoms with Gasteiger partial charge in [-0.15, -0.1) is 0 Å². The van der Waals surface area contributed by atoms with Crippen molar-refractivity contribution in [2.45, 2.75) is 62.8 Å². The average molecular weight is 443 g/mol. The standard InChI is InChI=1S/C25H30O7/c1-15-22(27)23(28)24(29)25(32-15)30-13-7-6-12-21(26)31-14-20-18-10-4-2-8-16(18)17-9-3-5-11-19(17)20/h2-5,8-11,15,20,22-25,27-29H,6-7,12-14H2,1H3/t15?,22-,23+,24?,25-/m1/s1. The second kappa shape index (κ2) is 10.1. The van der Waals surface area contributed by atoms with Gasteiger partial charge in [-0.05, 0) is 42.0 Å². The zero-order valence-electron chi connectivity index (χ0n) is 18.1. The molecule has 1 aliphatic heterocycles. The fourth-order valence-electron chi connectivity index (χ4n) is 4.41. The Morgan fingerprint density at radius 2 is 1.53 bits per heavy atom. The largest absolute Gasteiger partial charge is 0.465 e. The number of esters is 1. The Kier molecular flexibility index (Phi) is 7.23. The monoisotopic (exact) mass is 442 g/mol. The molecule has 2 aromatic carbocycles. The van der Waals surface area contributed by atoms with E-state index in [4.69, 9.17) is 14.2 Å². The molecule has 32 heavy (non-hydrogen) atoms. The Labute approximate surface area is 187 Å². The lowest BCUT2D eigenvalue weighted by Gasteiger charge is -2.38. The molecule has 7 heteroatoms. The van der Waals surface area contributed by atoms with E-state index in [0.29, 0.717) is 19.4 Å². The zero-order chi connectivity index (χ0) is 22.7. The van der Waals surface area contributed by atoms with Crippen LogP contribution in [0.1, 0.15) is 43.2 Å². The van der Waals surface area contributed by atoms with Crippen LogP contribution in [0.5, 0.6) is 0 Å². The number of rotatable bonds is 8. The number of carbonyl (C=O) groups excluding carboxylic acids is 1. The molecule has 0 amide bonds. The molecule has 1 fully saturated rings. The number of hydrogen-bond acceptors (Lipinski definition) is 7. The first-order valence-electron chi connectivity index (χ1n) is 11.1. The van der Waals surface area contributed by atoms with Crippen LogP contribution < -0.4 is 0 Å². The highest BCUT2D eigenvalue weighted by Crippen LogP contribution is 2.44. The minimum Gasteiger partial charge on any atom is -0.465 e. The fourth-order valence-corrected chi connectivity index (χ4v) is 4.41. The molecule has 0 saturated carbocycles. The summed E-state index contributed by atoms with van der Waals surface area (Å²) in [6.07, 6.45) is -4.02. The third kappa shape index (κ3) is 4.72. The van der Waals surface area contributed by atoms with Gasteiger partial charge in [0, 0.05) is 18.9 Å². The molecule has 0 bridgehead atoms. The molecule has 1 saturated heterocycles. The summed E-state index contributed by atoms with van der Waals surface area (Å²) in [5.41, 5.74) is 4.76. The van der Waals surface area contributed by atoms with Gasteiger partial charge in [-0.2, -0.15) is 0 Å². The highest BCUT2D eigenvalue weighted by molar-refractivity contribution is 5.79. The van der Waals surface area contributed by atoms with Crippen molar-refractivity contribution in [3.63, 3.8) is 0 Å². The molecule has 2 unspecified atom stereocenters. The van der Waals surface area contributed by atoms with Crippen LogP contribution in [0.2, 0.25) is 0 Å². The number of fused-ring (bicyclic) bond motifs is 3. The van der Waals surface area contributed by atoms with Gasteiger partial charge in [0.1, 0.15) is 24.9 Å². The van der Waals surface area contributed by atoms with Crippen LogP contribution >= 0.6 is 0 Å². The number of hydrogen-bond donors (Lipinski definition) is 3. The van der Waals surface area contributed by atoms with E-state index >= 15 is 0 Å². The van der Waals surface area contributed by atoms with Crippen molar-refractivity contribution in [3.8, 4) is 11.1 Å². The lowest BCUT2D eigenvalue weighted by molar-refractivity contribution is -0.293. The first-order chi connectivity index (χ1) is 15.5. The maximum absolute atomic E-state index is 12.3. The predicted molar refractivity (Wildman–Crippen MR) is 117 cm³/mol. The molecule has 0 spiro atoms. The van der Waals surface area contributed by atoms with Gasteiger partial charge in [0.15, 0.2) is 6.29 Å². The Bertz CT molecular complexity index is 885. The van der Waals surface area contributed by atoms with Crippen molar-refractivity contribution < 1.29 is 34.3 Å². The molecular formula is C25H30O7. The smallest absolute Gasteiger partial charge is 0.305 e. The van der Waals surface area contributed by atoms with Crippen LogP contribution in [-0.4, -0.2) is 65.2 Å². The lowest BCUT2D eigenvalue weighted by atomic mass is 9.98. The van der Waals surface area contributed by atoms with Gasteiger partial charge < -0.3 is 29.5 Å². The van der Waals surface area contributed by atoms with E-state index in [1.165, 1.54) is 22.3 Å². The molecule has 4 rings (SSSR count). The minimum atomic E-state index is -1.32. The first kappa shape index (κ1) is 22.9. The van der Waals surface area contributed by atoms with Crippen molar-refractivity contribution >= 4 is 5.97 Å². The van der Waals surface area contributed by atoms with Crippen molar-refractivity contribution in [3.05, 3.63) is 59.7 Å². The van der Waals surface area contributed by atoms with Gasteiger partial charge in [-0.1, -0.05) is 48.5 Å². The summed E-state index contributed by atoms with van der Waals surface area (Å²) < 4.78 is 16.5. The second-order valence-corrected chi connectivity index (χ2v) is 8.42. The molecule has 1 heterocycles. The molecule has 0 aromatic heterocycles. The van der Waals surface area contributed by atoms with Crippen molar-refractivity contribution in [1.29, 1.82) is 0 Å². The van der Waals surface area contributed by atoms with Gasteiger partial charge in [-0.3, -0.25) is 4.79 Å². The van der Waals surface area contributed by atoms with E-state index < -0.39 is 30.7 Å². The van der Waals surface area contributed by atoms with Gasteiger partial charge >= 0.3 is 5.97 Å². The van der Waals surface area contributed by atoms with E-state index in [9.17, 15) is 20.1 Å². The Morgan fingerprint density at radius 1 is 0.906 bits per heavy atom. The molecule has 5 atom stereocenters. The summed E-state index contributed by atoms with van der Waals surface area (Å²) in [6, 6.07) is 16.4. The number of ether oxygens (including phenoxy) is 3. The Hall–Kier alpha value is -2.29. The van der Waals surface area contributed by atoms with Crippen LogP contribution in [0.15, 0.2) is 48.5 Å².